The van der Waals surface area contributed by atoms with E-state index in [1.807, 2.05) is 0 Å². The highest BCUT2D eigenvalue weighted by Gasteiger charge is 2.19. The summed E-state index contributed by atoms with van der Waals surface area (Å²) < 4.78 is 5.44. The van der Waals surface area contributed by atoms with E-state index in [0.717, 1.165) is 12.1 Å². The average Bonchev–Trinajstić information content (AvgIpc) is 2.80. The molecule has 12 heteroatoms. The van der Waals surface area contributed by atoms with Crippen LogP contribution >= 0.6 is 11.6 Å². The number of nitro benzene ring substituents is 2. The number of hydrogen-bond acceptors (Lipinski definition) is 8. The van der Waals surface area contributed by atoms with Crippen molar-refractivity contribution in [2.45, 2.75) is 0 Å². The minimum atomic E-state index is -0.736. The van der Waals surface area contributed by atoms with E-state index in [1.54, 1.807) is 48.5 Å². The van der Waals surface area contributed by atoms with Crippen LogP contribution in [0.4, 0.5) is 22.7 Å². The predicted octanol–water partition coefficient (Wildman–Crippen LogP) is 4.62. The van der Waals surface area contributed by atoms with Gasteiger partial charge in [0.2, 0.25) is 0 Å². The molecule has 0 atom stereocenters. The van der Waals surface area contributed by atoms with E-state index in [9.17, 15) is 25.0 Å². The molecular weight excluding hydrogens is 454 g/mol. The van der Waals surface area contributed by atoms with Gasteiger partial charge in [-0.2, -0.15) is 5.10 Å². The van der Waals surface area contributed by atoms with Gasteiger partial charge in [0, 0.05) is 16.8 Å². The lowest BCUT2D eigenvalue weighted by molar-refractivity contribution is -0.393. The van der Waals surface area contributed by atoms with Gasteiger partial charge >= 0.3 is 5.69 Å². The zero-order valence-electron chi connectivity index (χ0n) is 16.8. The quantitative estimate of drug-likeness (QED) is 0.263. The number of nitrogens with one attached hydrogen (secondary N) is 2. The van der Waals surface area contributed by atoms with Gasteiger partial charge in [0.05, 0.1) is 22.1 Å². The largest absolute Gasteiger partial charge is 0.484 e. The number of carbonyl (C=O) groups excluding carboxylic acids is 1. The standard InChI is InChI=1S/C21H16ClN5O6/c22-15-3-5-16(6-4-15)24-21(28)13-33-18-8-1-14(2-9-18)12-23-25-19-10-7-17(26(29)30)11-20(19)27(31)32/h1-12,25H,13H2,(H,24,28)/b23-12-. The molecule has 11 nitrogen and oxygen atoms in total. The fourth-order valence-electron chi connectivity index (χ4n) is 2.58. The maximum absolute atomic E-state index is 12.0. The summed E-state index contributed by atoms with van der Waals surface area (Å²) in [6, 6.07) is 16.5. The van der Waals surface area contributed by atoms with Crippen molar-refractivity contribution in [1.29, 1.82) is 0 Å². The summed E-state index contributed by atoms with van der Waals surface area (Å²) in [5, 5.41) is 29.1. The van der Waals surface area contributed by atoms with Crippen LogP contribution in [0, 0.1) is 20.2 Å². The Bertz CT molecular complexity index is 1200. The van der Waals surface area contributed by atoms with Crippen LogP contribution in [0.1, 0.15) is 5.56 Å². The number of amides is 1. The summed E-state index contributed by atoms with van der Waals surface area (Å²) in [4.78, 5) is 32.4. The maximum Gasteiger partial charge on any atom is 0.301 e. The summed E-state index contributed by atoms with van der Waals surface area (Å²) >= 11 is 5.80. The Morgan fingerprint density at radius 3 is 2.33 bits per heavy atom. The van der Waals surface area contributed by atoms with E-state index in [4.69, 9.17) is 16.3 Å². The molecule has 2 N–H and O–H groups in total. The van der Waals surface area contributed by atoms with Crippen LogP contribution in [0.15, 0.2) is 71.8 Å². The van der Waals surface area contributed by atoms with E-state index in [0.29, 0.717) is 22.0 Å². The monoisotopic (exact) mass is 469 g/mol. The molecule has 0 saturated heterocycles. The number of non-ortho nitro benzene ring substituents is 1. The Morgan fingerprint density at radius 1 is 1.00 bits per heavy atom. The SMILES string of the molecule is O=C(COc1ccc(/C=N\Nc2ccc([N+](=O)[O-])cc2[N+](=O)[O-])cc1)Nc1ccc(Cl)cc1. The summed E-state index contributed by atoms with van der Waals surface area (Å²) in [7, 11) is 0. The van der Waals surface area contributed by atoms with Crippen molar-refractivity contribution in [2.24, 2.45) is 5.10 Å². The van der Waals surface area contributed by atoms with Gasteiger partial charge in [-0.15, -0.1) is 0 Å². The number of rotatable bonds is 9. The highest BCUT2D eigenvalue weighted by atomic mass is 35.5. The number of benzene rings is 3. The molecule has 33 heavy (non-hydrogen) atoms. The third-order valence-electron chi connectivity index (χ3n) is 4.17. The molecule has 0 aliphatic carbocycles. The minimum Gasteiger partial charge on any atom is -0.484 e. The lowest BCUT2D eigenvalue weighted by atomic mass is 10.2. The van der Waals surface area contributed by atoms with E-state index >= 15 is 0 Å². The van der Waals surface area contributed by atoms with Gasteiger partial charge < -0.3 is 10.1 Å². The lowest BCUT2D eigenvalue weighted by Crippen LogP contribution is -2.20. The Hall–Kier alpha value is -4.51. The van der Waals surface area contributed by atoms with Crippen molar-refractivity contribution in [3.63, 3.8) is 0 Å². The Kier molecular flexibility index (Phi) is 7.50. The van der Waals surface area contributed by atoms with E-state index < -0.39 is 21.2 Å². The fraction of sp³-hybridized carbons (Fsp3) is 0.0476. The number of anilines is 2. The fourth-order valence-corrected chi connectivity index (χ4v) is 2.71. The van der Waals surface area contributed by atoms with Gasteiger partial charge in [0.1, 0.15) is 11.4 Å². The molecule has 0 spiro atoms. The van der Waals surface area contributed by atoms with Crippen LogP contribution in [0.3, 0.4) is 0 Å². The molecular formula is C21H16ClN5O6. The Morgan fingerprint density at radius 2 is 1.70 bits per heavy atom. The molecule has 3 aromatic rings. The molecule has 0 unspecified atom stereocenters. The zero-order chi connectivity index (χ0) is 23.8. The van der Waals surface area contributed by atoms with Gasteiger partial charge in [0.15, 0.2) is 6.61 Å². The van der Waals surface area contributed by atoms with E-state index in [-0.39, 0.29) is 18.2 Å². The van der Waals surface area contributed by atoms with Crippen molar-refractivity contribution in [1.82, 2.24) is 0 Å². The van der Waals surface area contributed by atoms with Gasteiger partial charge in [0.25, 0.3) is 11.6 Å². The van der Waals surface area contributed by atoms with Gasteiger partial charge in [-0.3, -0.25) is 30.4 Å². The first kappa shape index (κ1) is 23.2. The van der Waals surface area contributed by atoms with Crippen molar-refractivity contribution in [3.05, 3.63) is 97.5 Å². The highest BCUT2D eigenvalue weighted by Crippen LogP contribution is 2.28. The number of carbonyl (C=O) groups is 1. The van der Waals surface area contributed by atoms with Crippen molar-refractivity contribution < 1.29 is 19.4 Å². The van der Waals surface area contributed by atoms with Crippen LogP contribution < -0.4 is 15.5 Å². The zero-order valence-corrected chi connectivity index (χ0v) is 17.6. The van der Waals surface area contributed by atoms with Gasteiger partial charge in [-0.25, -0.2) is 0 Å². The molecule has 3 aromatic carbocycles. The van der Waals surface area contributed by atoms with Crippen LogP contribution in [-0.2, 0) is 4.79 Å². The average molecular weight is 470 g/mol. The molecule has 1 amide bonds. The minimum absolute atomic E-state index is 0.00787. The molecule has 0 aliphatic rings. The predicted molar refractivity (Wildman–Crippen MR) is 123 cm³/mol. The summed E-state index contributed by atoms with van der Waals surface area (Å²) in [5.74, 6) is 0.120. The second-order valence-electron chi connectivity index (χ2n) is 6.50. The second kappa shape index (κ2) is 10.7. The Labute approximate surface area is 191 Å². The molecule has 0 aliphatic heterocycles. The summed E-state index contributed by atoms with van der Waals surface area (Å²) in [5.41, 5.74) is 2.89. The van der Waals surface area contributed by atoms with E-state index in [2.05, 4.69) is 15.8 Å². The van der Waals surface area contributed by atoms with Crippen LogP contribution in [-0.4, -0.2) is 28.6 Å². The molecule has 0 bridgehead atoms. The molecule has 0 aromatic heterocycles. The first-order valence-electron chi connectivity index (χ1n) is 9.32. The van der Waals surface area contributed by atoms with Crippen LogP contribution in [0.5, 0.6) is 5.75 Å². The summed E-state index contributed by atoms with van der Waals surface area (Å²) in [6.07, 6.45) is 1.40. The van der Waals surface area contributed by atoms with Crippen LogP contribution in [0.2, 0.25) is 5.02 Å². The Balaban J connectivity index is 1.54. The third kappa shape index (κ3) is 6.74. The number of nitrogens with zero attached hydrogens (tertiary/aromatic N) is 3. The molecule has 0 fully saturated rings. The van der Waals surface area contributed by atoms with Crippen molar-refractivity contribution in [3.8, 4) is 5.75 Å². The van der Waals surface area contributed by atoms with Crippen molar-refractivity contribution in [2.75, 3.05) is 17.3 Å². The topological polar surface area (TPSA) is 149 Å². The number of nitro groups is 2. The molecule has 0 heterocycles. The number of hydrazone groups is 1. The second-order valence-corrected chi connectivity index (χ2v) is 6.93. The first-order chi connectivity index (χ1) is 15.8. The molecule has 168 valence electrons. The molecule has 0 saturated carbocycles. The number of ether oxygens (including phenoxy) is 1. The summed E-state index contributed by atoms with van der Waals surface area (Å²) in [6.45, 7) is -0.193. The molecule has 3 rings (SSSR count). The highest BCUT2D eigenvalue weighted by molar-refractivity contribution is 6.30. The maximum atomic E-state index is 12.0. The smallest absolute Gasteiger partial charge is 0.301 e. The number of hydrogen-bond donors (Lipinski definition) is 2. The van der Waals surface area contributed by atoms with E-state index in [1.165, 1.54) is 12.3 Å². The van der Waals surface area contributed by atoms with Gasteiger partial charge in [-0.05, 0) is 60.2 Å². The number of halogens is 1. The van der Waals surface area contributed by atoms with Crippen molar-refractivity contribution >= 4 is 46.5 Å². The third-order valence-corrected chi connectivity index (χ3v) is 4.42. The lowest BCUT2D eigenvalue weighted by Gasteiger charge is -2.08. The van der Waals surface area contributed by atoms with Gasteiger partial charge in [-0.1, -0.05) is 11.6 Å². The normalized spacial score (nSPS) is 10.6. The van der Waals surface area contributed by atoms with Crippen LogP contribution in [0.25, 0.3) is 0 Å². The first-order valence-corrected chi connectivity index (χ1v) is 9.70. The molecule has 0 radical (unpaired) electrons.